The van der Waals surface area contributed by atoms with Crippen LogP contribution in [0, 0.1) is 5.82 Å². The number of amides is 2. The van der Waals surface area contributed by atoms with Crippen LogP contribution < -0.4 is 10.1 Å². The van der Waals surface area contributed by atoms with Gasteiger partial charge in [-0.3, -0.25) is 9.59 Å². The summed E-state index contributed by atoms with van der Waals surface area (Å²) in [5.74, 6) is 0.0820. The fraction of sp³-hybridized carbons (Fsp3) is 0.231. The van der Waals surface area contributed by atoms with E-state index in [9.17, 15) is 14.0 Å². The van der Waals surface area contributed by atoms with Crippen LogP contribution in [0.4, 0.5) is 4.39 Å². The van der Waals surface area contributed by atoms with Gasteiger partial charge in [0.2, 0.25) is 5.91 Å². The minimum absolute atomic E-state index is 0.0125. The Morgan fingerprint density at radius 2 is 1.69 bits per heavy atom. The van der Waals surface area contributed by atoms with E-state index in [0.29, 0.717) is 37.2 Å². The summed E-state index contributed by atoms with van der Waals surface area (Å²) >= 11 is 0. The summed E-state index contributed by atoms with van der Waals surface area (Å²) in [4.78, 5) is 27.4. The van der Waals surface area contributed by atoms with E-state index < -0.39 is 5.72 Å². The lowest BCUT2D eigenvalue weighted by molar-refractivity contribution is -0.134. The second-order valence-corrected chi connectivity index (χ2v) is 8.31. The van der Waals surface area contributed by atoms with Gasteiger partial charge in [-0.1, -0.05) is 48.5 Å². The summed E-state index contributed by atoms with van der Waals surface area (Å²) < 4.78 is 19.4. The van der Waals surface area contributed by atoms with E-state index in [1.165, 1.54) is 12.1 Å². The SMILES string of the molecule is O=C1NC2(CCN(C(=O)Cc3ccc(F)cc3)CC2)Oc2ccc(-c3ccccc3)cc21. The van der Waals surface area contributed by atoms with Crippen LogP contribution in [0.2, 0.25) is 0 Å². The van der Waals surface area contributed by atoms with Gasteiger partial charge in [0.05, 0.1) is 12.0 Å². The smallest absolute Gasteiger partial charge is 0.258 e. The third-order valence-electron chi connectivity index (χ3n) is 6.17. The highest BCUT2D eigenvalue weighted by molar-refractivity contribution is 5.99. The van der Waals surface area contributed by atoms with Gasteiger partial charge in [0.25, 0.3) is 5.91 Å². The first kappa shape index (κ1) is 20.2. The van der Waals surface area contributed by atoms with E-state index in [-0.39, 0.29) is 24.1 Å². The molecule has 5 nitrogen and oxygen atoms in total. The molecule has 6 heteroatoms. The van der Waals surface area contributed by atoms with Crippen LogP contribution in [0.5, 0.6) is 5.75 Å². The van der Waals surface area contributed by atoms with Crippen molar-refractivity contribution in [2.24, 2.45) is 0 Å². The Hall–Kier alpha value is -3.67. The highest BCUT2D eigenvalue weighted by Crippen LogP contribution is 2.36. The molecule has 1 fully saturated rings. The number of hydrogen-bond acceptors (Lipinski definition) is 3. The molecule has 0 aromatic heterocycles. The lowest BCUT2D eigenvalue weighted by atomic mass is 9.95. The largest absolute Gasteiger partial charge is 0.467 e. The topological polar surface area (TPSA) is 58.6 Å². The number of fused-ring (bicyclic) bond motifs is 1. The second-order valence-electron chi connectivity index (χ2n) is 8.31. The van der Waals surface area contributed by atoms with Gasteiger partial charge in [0, 0.05) is 25.9 Å². The Bertz CT molecular complexity index is 1150. The Labute approximate surface area is 185 Å². The number of ether oxygens (including phenoxy) is 1. The Morgan fingerprint density at radius 1 is 0.969 bits per heavy atom. The fourth-order valence-corrected chi connectivity index (χ4v) is 4.35. The number of hydrogen-bond donors (Lipinski definition) is 1. The van der Waals surface area contributed by atoms with E-state index >= 15 is 0 Å². The molecule has 0 unspecified atom stereocenters. The summed E-state index contributed by atoms with van der Waals surface area (Å²) in [7, 11) is 0. The molecule has 2 aliphatic rings. The van der Waals surface area contributed by atoms with Crippen molar-refractivity contribution in [1.82, 2.24) is 10.2 Å². The third-order valence-corrected chi connectivity index (χ3v) is 6.17. The summed E-state index contributed by atoms with van der Waals surface area (Å²) in [6.07, 6.45) is 1.24. The molecule has 3 aromatic carbocycles. The summed E-state index contributed by atoms with van der Waals surface area (Å²) in [6, 6.07) is 21.5. The number of carbonyl (C=O) groups excluding carboxylic acids is 2. The summed E-state index contributed by atoms with van der Waals surface area (Å²) in [6.45, 7) is 0.968. The van der Waals surface area contributed by atoms with Gasteiger partial charge >= 0.3 is 0 Å². The van der Waals surface area contributed by atoms with E-state index in [2.05, 4.69) is 5.32 Å². The number of nitrogens with zero attached hydrogens (tertiary/aromatic N) is 1. The number of rotatable bonds is 3. The molecule has 1 N–H and O–H groups in total. The van der Waals surface area contributed by atoms with Crippen molar-refractivity contribution in [3.05, 3.63) is 89.7 Å². The van der Waals surface area contributed by atoms with Crippen LogP contribution in [0.15, 0.2) is 72.8 Å². The molecule has 1 saturated heterocycles. The molecule has 2 amide bonds. The third kappa shape index (κ3) is 3.96. The summed E-state index contributed by atoms with van der Waals surface area (Å²) in [5.41, 5.74) is 2.50. The van der Waals surface area contributed by atoms with Gasteiger partial charge in [0.1, 0.15) is 11.6 Å². The Balaban J connectivity index is 1.26. The molecule has 5 rings (SSSR count). The molecule has 0 aliphatic carbocycles. The molecule has 2 heterocycles. The van der Waals surface area contributed by atoms with Crippen molar-refractivity contribution in [3.8, 4) is 16.9 Å². The van der Waals surface area contributed by atoms with Crippen LogP contribution in [0.1, 0.15) is 28.8 Å². The summed E-state index contributed by atoms with van der Waals surface area (Å²) in [5, 5.41) is 3.04. The number of piperidine rings is 1. The fourth-order valence-electron chi connectivity index (χ4n) is 4.35. The van der Waals surface area contributed by atoms with Crippen molar-refractivity contribution in [2.45, 2.75) is 25.0 Å². The maximum absolute atomic E-state index is 13.1. The first-order chi connectivity index (χ1) is 15.5. The molecular formula is C26H23FN2O3. The molecule has 3 aromatic rings. The minimum atomic E-state index is -0.801. The van der Waals surface area contributed by atoms with E-state index in [0.717, 1.165) is 16.7 Å². The number of carbonyl (C=O) groups is 2. The van der Waals surface area contributed by atoms with Crippen LogP contribution in [-0.2, 0) is 11.2 Å². The number of benzene rings is 3. The highest BCUT2D eigenvalue weighted by atomic mass is 19.1. The molecule has 0 radical (unpaired) electrons. The van der Waals surface area contributed by atoms with Crippen LogP contribution in [0.3, 0.4) is 0 Å². The van der Waals surface area contributed by atoms with Gasteiger partial charge in [-0.2, -0.15) is 0 Å². The van der Waals surface area contributed by atoms with Gasteiger partial charge in [-0.05, 0) is 41.0 Å². The van der Waals surface area contributed by atoms with Crippen molar-refractivity contribution in [2.75, 3.05) is 13.1 Å². The maximum Gasteiger partial charge on any atom is 0.258 e. The predicted molar refractivity (Wildman–Crippen MR) is 119 cm³/mol. The first-order valence-corrected chi connectivity index (χ1v) is 10.7. The Kier molecular flexibility index (Phi) is 5.13. The van der Waals surface area contributed by atoms with Crippen molar-refractivity contribution in [3.63, 3.8) is 0 Å². The van der Waals surface area contributed by atoms with Gasteiger partial charge in [-0.15, -0.1) is 0 Å². The van der Waals surface area contributed by atoms with Crippen molar-refractivity contribution < 1.29 is 18.7 Å². The van der Waals surface area contributed by atoms with Gasteiger partial charge in [-0.25, -0.2) is 4.39 Å². The zero-order valence-corrected chi connectivity index (χ0v) is 17.5. The number of halogens is 1. The van der Waals surface area contributed by atoms with Gasteiger partial charge in [0.15, 0.2) is 5.72 Å². The average Bonchev–Trinajstić information content (AvgIpc) is 2.81. The molecular weight excluding hydrogens is 407 g/mol. The molecule has 0 atom stereocenters. The zero-order valence-electron chi connectivity index (χ0n) is 17.5. The van der Waals surface area contributed by atoms with Crippen molar-refractivity contribution >= 4 is 11.8 Å². The number of nitrogens with one attached hydrogen (secondary N) is 1. The molecule has 32 heavy (non-hydrogen) atoms. The molecule has 162 valence electrons. The molecule has 1 spiro atoms. The maximum atomic E-state index is 13.1. The second kappa shape index (κ2) is 8.11. The molecule has 0 saturated carbocycles. The molecule has 2 aliphatic heterocycles. The lowest BCUT2D eigenvalue weighted by Gasteiger charge is -2.44. The minimum Gasteiger partial charge on any atom is -0.467 e. The van der Waals surface area contributed by atoms with Gasteiger partial charge < -0.3 is 15.0 Å². The van der Waals surface area contributed by atoms with E-state index in [1.54, 1.807) is 17.0 Å². The van der Waals surface area contributed by atoms with Crippen molar-refractivity contribution in [1.29, 1.82) is 0 Å². The van der Waals surface area contributed by atoms with E-state index in [1.807, 2.05) is 48.5 Å². The van der Waals surface area contributed by atoms with Crippen LogP contribution in [0.25, 0.3) is 11.1 Å². The Morgan fingerprint density at radius 3 is 2.41 bits per heavy atom. The quantitative estimate of drug-likeness (QED) is 0.678. The standard InChI is InChI=1S/C26H23FN2O3/c27-21-9-6-18(7-10-21)16-24(30)29-14-12-26(13-15-29)28-25(31)22-17-20(8-11-23(22)32-26)19-4-2-1-3-5-19/h1-11,17H,12-16H2,(H,28,31). The first-order valence-electron chi connectivity index (χ1n) is 10.7. The average molecular weight is 430 g/mol. The normalized spacial score (nSPS) is 16.8. The van der Waals surface area contributed by atoms with Crippen LogP contribution >= 0.6 is 0 Å². The lowest BCUT2D eigenvalue weighted by Crippen LogP contribution is -2.61. The zero-order chi connectivity index (χ0) is 22.1. The van der Waals surface area contributed by atoms with Crippen LogP contribution in [-0.4, -0.2) is 35.5 Å². The monoisotopic (exact) mass is 430 g/mol. The predicted octanol–water partition coefficient (Wildman–Crippen LogP) is 4.18. The van der Waals surface area contributed by atoms with E-state index in [4.69, 9.17) is 4.74 Å². The number of likely N-dealkylation sites (tertiary alicyclic amines) is 1. The molecule has 0 bridgehead atoms. The highest BCUT2D eigenvalue weighted by Gasteiger charge is 2.43.